The Morgan fingerprint density at radius 3 is 1.62 bits per heavy atom. The highest BCUT2D eigenvalue weighted by atomic mass is 16.4. The van der Waals surface area contributed by atoms with E-state index in [4.69, 9.17) is 10.2 Å². The van der Waals surface area contributed by atoms with Crippen molar-refractivity contribution in [3.8, 4) is 0 Å². The van der Waals surface area contributed by atoms with Crippen LogP contribution in [0.1, 0.15) is 41.4 Å². The van der Waals surface area contributed by atoms with Gasteiger partial charge in [-0.1, -0.05) is 0 Å². The molecule has 0 aliphatic rings. The van der Waals surface area contributed by atoms with Crippen LogP contribution in [0.2, 0.25) is 0 Å². The van der Waals surface area contributed by atoms with E-state index in [2.05, 4.69) is 0 Å². The number of carbonyl (C=O) groups excluding carboxylic acids is 2. The molecule has 0 saturated heterocycles. The van der Waals surface area contributed by atoms with Gasteiger partial charge in [-0.2, -0.15) is 0 Å². The van der Waals surface area contributed by atoms with Gasteiger partial charge in [0.2, 0.25) is 0 Å². The second-order valence-corrected chi connectivity index (χ2v) is 2.88. The van der Waals surface area contributed by atoms with E-state index in [1.165, 1.54) is 0 Å². The number of benzene rings is 1. The Morgan fingerprint density at radius 1 is 0.938 bits per heavy atom. The fraction of sp³-hybridized carbons (Fsp3) is 0. The zero-order valence-corrected chi connectivity index (χ0v) is 7.84. The molecule has 16 heavy (non-hydrogen) atoms. The summed E-state index contributed by atoms with van der Waals surface area (Å²) in [4.78, 5) is 42.6. The van der Waals surface area contributed by atoms with Crippen LogP contribution in [-0.2, 0) is 0 Å². The van der Waals surface area contributed by atoms with Gasteiger partial charge >= 0.3 is 11.9 Å². The van der Waals surface area contributed by atoms with Gasteiger partial charge in [-0.15, -0.1) is 0 Å². The lowest BCUT2D eigenvalue weighted by atomic mass is 9.99. The summed E-state index contributed by atoms with van der Waals surface area (Å²) < 4.78 is 0. The topological polar surface area (TPSA) is 109 Å². The van der Waals surface area contributed by atoms with Crippen LogP contribution in [0.5, 0.6) is 0 Å². The van der Waals surface area contributed by atoms with Gasteiger partial charge in [0.05, 0.1) is 11.1 Å². The second kappa shape index (κ2) is 4.35. The van der Waals surface area contributed by atoms with Crippen LogP contribution in [0.25, 0.3) is 0 Å². The minimum absolute atomic E-state index is 0.197. The molecule has 0 amide bonds. The van der Waals surface area contributed by atoms with Gasteiger partial charge in [-0.05, 0) is 12.1 Å². The summed E-state index contributed by atoms with van der Waals surface area (Å²) in [7, 11) is 0. The Kier molecular flexibility index (Phi) is 3.14. The lowest BCUT2D eigenvalue weighted by Gasteiger charge is -2.04. The first-order chi connectivity index (χ1) is 7.51. The summed E-state index contributed by atoms with van der Waals surface area (Å²) in [6.45, 7) is 0. The Balaban J connectivity index is 3.61. The SMILES string of the molecule is O=Cc1cc(C(=O)O)cc(C=O)c1C(=O)O. The number of hydrogen-bond donors (Lipinski definition) is 2. The molecular formula is C10H6O6. The Hall–Kier alpha value is -2.50. The largest absolute Gasteiger partial charge is 0.478 e. The molecule has 1 aromatic carbocycles. The zero-order chi connectivity index (χ0) is 12.3. The molecule has 1 rings (SSSR count). The van der Waals surface area contributed by atoms with Crippen molar-refractivity contribution in [2.45, 2.75) is 0 Å². The molecule has 0 radical (unpaired) electrons. The molecule has 0 spiro atoms. The summed E-state index contributed by atoms with van der Waals surface area (Å²) in [5.41, 5.74) is -1.48. The Bertz CT molecular complexity index is 459. The van der Waals surface area contributed by atoms with Crippen molar-refractivity contribution in [3.63, 3.8) is 0 Å². The molecule has 1 aromatic rings. The monoisotopic (exact) mass is 222 g/mol. The van der Waals surface area contributed by atoms with Crippen molar-refractivity contribution < 1.29 is 29.4 Å². The van der Waals surface area contributed by atoms with E-state index < -0.39 is 17.5 Å². The fourth-order valence-electron chi connectivity index (χ4n) is 1.24. The van der Waals surface area contributed by atoms with Gasteiger partial charge < -0.3 is 10.2 Å². The van der Waals surface area contributed by atoms with Gasteiger partial charge in [0.25, 0.3) is 0 Å². The maximum Gasteiger partial charge on any atom is 0.337 e. The van der Waals surface area contributed by atoms with E-state index in [-0.39, 0.29) is 29.3 Å². The number of aromatic carboxylic acids is 2. The highest BCUT2D eigenvalue weighted by Crippen LogP contribution is 2.15. The maximum absolute atomic E-state index is 10.8. The number of hydrogen-bond acceptors (Lipinski definition) is 4. The number of carboxylic acids is 2. The van der Waals surface area contributed by atoms with Crippen LogP contribution in [0, 0.1) is 0 Å². The average Bonchev–Trinajstić information content (AvgIpc) is 2.26. The van der Waals surface area contributed by atoms with Gasteiger partial charge in [0.1, 0.15) is 0 Å². The summed E-state index contributed by atoms with van der Waals surface area (Å²) in [6.07, 6.45) is 0.395. The van der Waals surface area contributed by atoms with Gasteiger partial charge in [0.15, 0.2) is 12.6 Å². The van der Waals surface area contributed by atoms with Crippen LogP contribution in [0.15, 0.2) is 12.1 Å². The predicted molar refractivity (Wildman–Crippen MR) is 51.1 cm³/mol. The lowest BCUT2D eigenvalue weighted by molar-refractivity contribution is 0.0678. The fourth-order valence-corrected chi connectivity index (χ4v) is 1.24. The highest BCUT2D eigenvalue weighted by molar-refractivity contribution is 6.06. The van der Waals surface area contributed by atoms with Gasteiger partial charge in [-0.3, -0.25) is 9.59 Å². The third kappa shape index (κ3) is 1.95. The van der Waals surface area contributed by atoms with E-state index in [0.29, 0.717) is 0 Å². The first-order valence-electron chi connectivity index (χ1n) is 4.06. The first-order valence-corrected chi connectivity index (χ1v) is 4.06. The molecule has 0 aliphatic carbocycles. The van der Waals surface area contributed by atoms with E-state index in [0.717, 1.165) is 12.1 Å². The quantitative estimate of drug-likeness (QED) is 0.726. The van der Waals surface area contributed by atoms with Crippen molar-refractivity contribution in [1.82, 2.24) is 0 Å². The van der Waals surface area contributed by atoms with Crippen LogP contribution in [0.3, 0.4) is 0 Å². The van der Waals surface area contributed by atoms with Crippen molar-refractivity contribution in [3.05, 3.63) is 34.4 Å². The summed E-state index contributed by atoms with van der Waals surface area (Å²) >= 11 is 0. The predicted octanol–water partition coefficient (Wildman–Crippen LogP) is 0.708. The molecular weight excluding hydrogens is 216 g/mol. The average molecular weight is 222 g/mol. The minimum Gasteiger partial charge on any atom is -0.478 e. The zero-order valence-electron chi connectivity index (χ0n) is 7.84. The molecule has 2 N–H and O–H groups in total. The number of rotatable bonds is 4. The summed E-state index contributed by atoms with van der Waals surface area (Å²) in [5, 5.41) is 17.4. The normalized spacial score (nSPS) is 9.50. The first kappa shape index (κ1) is 11.6. The third-order valence-electron chi connectivity index (χ3n) is 1.91. The Labute approximate surface area is 89.1 Å². The number of aldehydes is 2. The molecule has 0 aliphatic heterocycles. The molecule has 0 atom stereocenters. The molecule has 0 heterocycles. The van der Waals surface area contributed by atoms with E-state index in [9.17, 15) is 19.2 Å². The van der Waals surface area contributed by atoms with E-state index >= 15 is 0 Å². The van der Waals surface area contributed by atoms with E-state index in [1.807, 2.05) is 0 Å². The molecule has 0 fully saturated rings. The van der Waals surface area contributed by atoms with Crippen LogP contribution in [0.4, 0.5) is 0 Å². The maximum atomic E-state index is 10.8. The summed E-state index contributed by atoms with van der Waals surface area (Å²) in [6, 6.07) is 1.82. The van der Waals surface area contributed by atoms with Crippen molar-refractivity contribution in [2.75, 3.05) is 0 Å². The molecule has 82 valence electrons. The lowest BCUT2D eigenvalue weighted by Crippen LogP contribution is -2.10. The minimum atomic E-state index is -1.46. The second-order valence-electron chi connectivity index (χ2n) is 2.88. The van der Waals surface area contributed by atoms with Crippen LogP contribution in [-0.4, -0.2) is 34.7 Å². The van der Waals surface area contributed by atoms with Crippen molar-refractivity contribution in [1.29, 1.82) is 0 Å². The molecule has 6 nitrogen and oxygen atoms in total. The van der Waals surface area contributed by atoms with Crippen LogP contribution < -0.4 is 0 Å². The van der Waals surface area contributed by atoms with Gasteiger partial charge in [-0.25, -0.2) is 9.59 Å². The highest BCUT2D eigenvalue weighted by Gasteiger charge is 2.18. The molecule has 0 unspecified atom stereocenters. The molecule has 0 bridgehead atoms. The molecule has 6 heteroatoms. The molecule has 0 saturated carbocycles. The van der Waals surface area contributed by atoms with Gasteiger partial charge in [0, 0.05) is 11.1 Å². The number of carbonyl (C=O) groups is 4. The number of carboxylic acid groups (broad SMARTS) is 2. The molecule has 0 aromatic heterocycles. The standard InChI is InChI=1S/C10H6O6/c11-3-6-1-5(9(13)14)2-7(4-12)8(6)10(15)16/h1-4H,(H,13,14)(H,15,16). The van der Waals surface area contributed by atoms with Crippen molar-refractivity contribution >= 4 is 24.5 Å². The smallest absolute Gasteiger partial charge is 0.337 e. The van der Waals surface area contributed by atoms with E-state index in [1.54, 1.807) is 0 Å². The summed E-state index contributed by atoms with van der Waals surface area (Å²) in [5.74, 6) is -2.80. The van der Waals surface area contributed by atoms with Crippen molar-refractivity contribution in [2.24, 2.45) is 0 Å². The third-order valence-corrected chi connectivity index (χ3v) is 1.91. The van der Waals surface area contributed by atoms with Crippen LogP contribution >= 0.6 is 0 Å². The Morgan fingerprint density at radius 2 is 1.38 bits per heavy atom.